The van der Waals surface area contributed by atoms with Crippen molar-refractivity contribution >= 4 is 0 Å². The zero-order valence-corrected chi connectivity index (χ0v) is 22.5. The van der Waals surface area contributed by atoms with Gasteiger partial charge >= 0.3 is 178 Å². The van der Waals surface area contributed by atoms with Crippen molar-refractivity contribution in [3.63, 3.8) is 0 Å². The third kappa shape index (κ3) is 6.05. The van der Waals surface area contributed by atoms with Gasteiger partial charge in [0.2, 0.25) is 0 Å². The van der Waals surface area contributed by atoms with Crippen LogP contribution in [-0.2, 0) is 20.4 Å². The maximum absolute atomic E-state index is 2.44. The van der Waals surface area contributed by atoms with Crippen molar-refractivity contribution < 1.29 is 57.7 Å². The molecule has 0 N–H and O–H groups in total. The Morgan fingerprint density at radius 2 is 1.17 bits per heavy atom. The van der Waals surface area contributed by atoms with Crippen LogP contribution in [0.15, 0.2) is 60.2 Å². The van der Waals surface area contributed by atoms with Crippen LogP contribution in [0.2, 0.25) is 3.72 Å². The molecule has 2 atom stereocenters. The molecule has 2 aromatic carbocycles. The van der Waals surface area contributed by atoms with Crippen molar-refractivity contribution in [3.05, 3.63) is 93.6 Å². The second-order valence-corrected chi connectivity index (χ2v) is 9.73. The summed E-state index contributed by atoms with van der Waals surface area (Å²) in [5.41, 5.74) is 9.81. The van der Waals surface area contributed by atoms with E-state index in [1.165, 1.54) is 39.8 Å². The summed E-state index contributed by atoms with van der Waals surface area (Å²) >= 11 is 2.44. The maximum Gasteiger partial charge on any atom is -1.00 e. The van der Waals surface area contributed by atoms with Crippen molar-refractivity contribution in [1.82, 2.24) is 0 Å². The molecular weight excluding hydrogens is 467 g/mol. The van der Waals surface area contributed by atoms with E-state index in [0.717, 1.165) is 0 Å². The van der Waals surface area contributed by atoms with Crippen molar-refractivity contribution in [2.45, 2.75) is 57.6 Å². The fourth-order valence-corrected chi connectivity index (χ4v) is 5.85. The molecule has 0 aliphatic heterocycles. The van der Waals surface area contributed by atoms with Crippen LogP contribution in [0.3, 0.4) is 0 Å². The first-order valence-corrected chi connectivity index (χ1v) is 10.8. The Hall–Kier alpha value is -0.496. The standard InChI is InChI=1S/C26H31.3ClH.Ti/c1-7-21(6)24-9-8-10-25(24)26(22-13-17(2)11-18(3)14-22)23-15-19(4)12-20(5)16-23;;;;/h8-16,21,26H,7H2,1-6H3;3*1H;/q;;;;+3/p-3. The van der Waals surface area contributed by atoms with Gasteiger partial charge in [0.25, 0.3) is 0 Å². The predicted molar refractivity (Wildman–Crippen MR) is 113 cm³/mol. The summed E-state index contributed by atoms with van der Waals surface area (Å²) in [5.74, 6) is 0.915. The van der Waals surface area contributed by atoms with Crippen LogP contribution in [0, 0.1) is 33.6 Å². The van der Waals surface area contributed by atoms with E-state index < -0.39 is 0 Å². The minimum absolute atomic E-state index is 0. The number of allylic oxidation sites excluding steroid dienone is 4. The minimum Gasteiger partial charge on any atom is -1.00 e. The molecule has 0 fully saturated rings. The average Bonchev–Trinajstić information content (AvgIpc) is 2.94. The molecular formula is C26H31Cl3Ti. The summed E-state index contributed by atoms with van der Waals surface area (Å²) in [6.45, 7) is 13.5. The van der Waals surface area contributed by atoms with E-state index in [0.29, 0.717) is 11.8 Å². The molecule has 0 heterocycles. The Balaban J connectivity index is 0.00000280. The van der Waals surface area contributed by atoms with Crippen LogP contribution in [0.5, 0.6) is 0 Å². The first-order valence-electron chi connectivity index (χ1n) is 10.1. The van der Waals surface area contributed by atoms with Crippen LogP contribution in [0.25, 0.3) is 0 Å². The number of aryl methyl sites for hydroxylation is 4. The zero-order valence-electron chi connectivity index (χ0n) is 18.7. The van der Waals surface area contributed by atoms with Gasteiger partial charge in [-0.05, 0) is 0 Å². The number of halogens is 3. The van der Waals surface area contributed by atoms with E-state index in [-0.39, 0.29) is 40.9 Å². The predicted octanol–water partition coefficient (Wildman–Crippen LogP) is -1.69. The molecule has 4 heteroatoms. The van der Waals surface area contributed by atoms with Crippen LogP contribution < -0.4 is 37.2 Å². The molecule has 2 aromatic rings. The third-order valence-electron chi connectivity index (χ3n) is 5.87. The Morgan fingerprint density at radius 1 is 0.767 bits per heavy atom. The second kappa shape index (κ2) is 11.9. The molecule has 30 heavy (non-hydrogen) atoms. The van der Waals surface area contributed by atoms with Gasteiger partial charge in [0.05, 0.1) is 0 Å². The van der Waals surface area contributed by atoms with E-state index in [2.05, 4.69) is 117 Å². The first kappa shape index (κ1) is 29.5. The van der Waals surface area contributed by atoms with Crippen LogP contribution in [0.4, 0.5) is 0 Å². The van der Waals surface area contributed by atoms with Crippen LogP contribution in [-0.4, -0.2) is 0 Å². The number of hydrogen-bond acceptors (Lipinski definition) is 0. The van der Waals surface area contributed by atoms with Gasteiger partial charge in [-0.2, -0.15) is 0 Å². The Kier molecular flexibility index (Phi) is 11.7. The molecule has 1 aliphatic rings. The van der Waals surface area contributed by atoms with Gasteiger partial charge < -0.3 is 37.2 Å². The summed E-state index contributed by atoms with van der Waals surface area (Å²) in [5, 5.41) is 0. The van der Waals surface area contributed by atoms with Gasteiger partial charge in [-0.25, -0.2) is 0 Å². The van der Waals surface area contributed by atoms with Gasteiger partial charge in [-0.15, -0.1) is 0 Å². The third-order valence-corrected chi connectivity index (χ3v) is 7.03. The van der Waals surface area contributed by atoms with Crippen molar-refractivity contribution in [3.8, 4) is 0 Å². The molecule has 160 valence electrons. The van der Waals surface area contributed by atoms with E-state index in [1.54, 1.807) is 5.57 Å². The van der Waals surface area contributed by atoms with Crippen LogP contribution >= 0.6 is 0 Å². The van der Waals surface area contributed by atoms with Gasteiger partial charge in [0.15, 0.2) is 0 Å². The minimum atomic E-state index is 0. The molecule has 0 aromatic heterocycles. The van der Waals surface area contributed by atoms with E-state index in [4.69, 9.17) is 0 Å². The normalized spacial score (nSPS) is 18.2. The molecule has 0 saturated heterocycles. The molecule has 1 aliphatic carbocycles. The number of hydrogen-bond donors (Lipinski definition) is 0. The molecule has 0 nitrogen and oxygen atoms in total. The summed E-state index contributed by atoms with van der Waals surface area (Å²) in [6, 6.07) is 14.1. The molecule has 3 rings (SSSR count). The maximum atomic E-state index is 2.44. The summed E-state index contributed by atoms with van der Waals surface area (Å²) < 4.78 is 0.00981. The second-order valence-electron chi connectivity index (χ2n) is 8.43. The van der Waals surface area contributed by atoms with Gasteiger partial charge in [-0.1, -0.05) is 0 Å². The number of rotatable bonds is 5. The smallest absolute Gasteiger partial charge is 1.00 e. The monoisotopic (exact) mass is 496 g/mol. The van der Waals surface area contributed by atoms with Crippen molar-refractivity contribution in [2.24, 2.45) is 5.92 Å². The molecule has 2 unspecified atom stereocenters. The topological polar surface area (TPSA) is 0 Å². The van der Waals surface area contributed by atoms with Gasteiger partial charge in [-0.3, -0.25) is 0 Å². The quantitative estimate of drug-likeness (QED) is 0.433. The van der Waals surface area contributed by atoms with Gasteiger partial charge in [0.1, 0.15) is 0 Å². The molecule has 0 spiro atoms. The molecule has 0 amide bonds. The Morgan fingerprint density at radius 3 is 1.53 bits per heavy atom. The largest absolute Gasteiger partial charge is 1.00 e. The van der Waals surface area contributed by atoms with E-state index in [9.17, 15) is 0 Å². The van der Waals surface area contributed by atoms with E-state index in [1.807, 2.05) is 0 Å². The SMILES string of the molecule is CCC(C)C1=CC=C[C]1([Ti+3])C(c1cc(C)cc(C)c1)c1cc(C)cc(C)c1.[Cl-].[Cl-].[Cl-]. The van der Waals surface area contributed by atoms with Crippen LogP contribution in [0.1, 0.15) is 59.6 Å². The fraction of sp³-hybridized carbons (Fsp3) is 0.385. The summed E-state index contributed by atoms with van der Waals surface area (Å²) in [6.07, 6.45) is 8.26. The van der Waals surface area contributed by atoms with Crippen molar-refractivity contribution in [2.75, 3.05) is 0 Å². The Labute approximate surface area is 213 Å². The summed E-state index contributed by atoms with van der Waals surface area (Å²) in [4.78, 5) is 0. The van der Waals surface area contributed by atoms with Crippen molar-refractivity contribution in [1.29, 1.82) is 0 Å². The van der Waals surface area contributed by atoms with Gasteiger partial charge in [0, 0.05) is 0 Å². The van der Waals surface area contributed by atoms with E-state index >= 15 is 0 Å². The molecule has 0 bridgehead atoms. The molecule has 0 saturated carbocycles. The zero-order chi connectivity index (χ0) is 19.8. The fourth-order valence-electron chi connectivity index (χ4n) is 4.66. The summed E-state index contributed by atoms with van der Waals surface area (Å²) in [7, 11) is 0. The Bertz CT molecular complexity index is 824. The number of benzene rings is 2. The first-order chi connectivity index (χ1) is 12.7. The molecule has 0 radical (unpaired) electrons. The average molecular weight is 498 g/mol.